The molecule has 0 atom stereocenters. The molecule has 0 saturated carbocycles. The Morgan fingerprint density at radius 2 is 0.867 bits per heavy atom. The summed E-state index contributed by atoms with van der Waals surface area (Å²) in [5, 5.41) is 10.3. The molecule has 2 nitrogen and oxygen atoms in total. The minimum absolute atomic E-state index is 1.19. The summed E-state index contributed by atoms with van der Waals surface area (Å²) < 4.78 is 7.71. The first kappa shape index (κ1) is 23.8. The molecular formula is C42H24N2S. The molecule has 0 aliphatic carbocycles. The van der Waals surface area contributed by atoms with Crippen LogP contribution in [0, 0.1) is 0 Å². The second-order valence-electron chi connectivity index (χ2n) is 12.1. The van der Waals surface area contributed by atoms with Crippen molar-refractivity contribution in [2.45, 2.75) is 0 Å². The maximum Gasteiger partial charge on any atom is 0.0709 e. The van der Waals surface area contributed by atoms with Crippen LogP contribution in [0.4, 0.5) is 0 Å². The normalized spacial score (nSPS) is 12.4. The molecule has 11 aromatic rings. The van der Waals surface area contributed by atoms with Crippen molar-refractivity contribution in [3.63, 3.8) is 0 Å². The van der Waals surface area contributed by atoms with E-state index in [1.54, 1.807) is 0 Å². The van der Waals surface area contributed by atoms with Gasteiger partial charge in [0.05, 0.1) is 33.1 Å². The molecule has 0 aliphatic rings. The molecule has 0 amide bonds. The van der Waals surface area contributed by atoms with Crippen LogP contribution >= 0.6 is 11.3 Å². The van der Waals surface area contributed by atoms with Gasteiger partial charge in [0.25, 0.3) is 0 Å². The van der Waals surface area contributed by atoms with Gasteiger partial charge in [-0.2, -0.15) is 0 Å². The molecule has 0 saturated heterocycles. The minimum Gasteiger partial charge on any atom is -0.307 e. The summed E-state index contributed by atoms with van der Waals surface area (Å²) >= 11 is 1.89. The summed E-state index contributed by atoms with van der Waals surface area (Å²) in [6.07, 6.45) is 0. The van der Waals surface area contributed by atoms with Crippen molar-refractivity contribution in [2.75, 3.05) is 0 Å². The molecule has 11 rings (SSSR count). The summed E-state index contributed by atoms with van der Waals surface area (Å²) in [7, 11) is 0. The number of para-hydroxylation sites is 4. The molecule has 45 heavy (non-hydrogen) atoms. The van der Waals surface area contributed by atoms with Gasteiger partial charge in [-0.25, -0.2) is 0 Å². The van der Waals surface area contributed by atoms with Crippen LogP contribution in [0.15, 0.2) is 146 Å². The zero-order valence-electron chi connectivity index (χ0n) is 24.2. The van der Waals surface area contributed by atoms with E-state index in [1.165, 1.54) is 96.7 Å². The Balaban J connectivity index is 1.43. The highest BCUT2D eigenvalue weighted by Gasteiger charge is 2.19. The van der Waals surface area contributed by atoms with E-state index in [-0.39, 0.29) is 0 Å². The van der Waals surface area contributed by atoms with Crippen molar-refractivity contribution in [3.05, 3.63) is 146 Å². The maximum atomic E-state index is 2.53. The van der Waals surface area contributed by atoms with E-state index in [0.717, 1.165) is 0 Å². The van der Waals surface area contributed by atoms with Crippen LogP contribution in [-0.2, 0) is 0 Å². The van der Waals surface area contributed by atoms with Gasteiger partial charge in [0.15, 0.2) is 0 Å². The predicted octanol–water partition coefficient (Wildman–Crippen LogP) is 12.0. The second-order valence-corrected chi connectivity index (χ2v) is 13.1. The topological polar surface area (TPSA) is 8.82 Å². The molecular weight excluding hydrogens is 565 g/mol. The van der Waals surface area contributed by atoms with Gasteiger partial charge in [-0.15, -0.1) is 11.3 Å². The summed E-state index contributed by atoms with van der Waals surface area (Å²) in [5.41, 5.74) is 9.89. The zero-order chi connectivity index (χ0) is 29.2. The fourth-order valence-corrected chi connectivity index (χ4v) is 9.24. The Bertz CT molecular complexity index is 3040. The van der Waals surface area contributed by atoms with E-state index >= 15 is 0 Å². The third-order valence-electron chi connectivity index (χ3n) is 9.85. The van der Waals surface area contributed by atoms with E-state index in [4.69, 9.17) is 0 Å². The molecule has 0 radical (unpaired) electrons. The van der Waals surface area contributed by atoms with E-state index in [2.05, 4.69) is 154 Å². The number of hydrogen-bond acceptors (Lipinski definition) is 1. The van der Waals surface area contributed by atoms with Crippen LogP contribution in [0.3, 0.4) is 0 Å². The number of fused-ring (bicyclic) bond motifs is 13. The number of nitrogens with zero attached hydrogens (tertiary/aromatic N) is 2. The molecule has 4 heterocycles. The fraction of sp³-hybridized carbons (Fsp3) is 0. The third kappa shape index (κ3) is 2.98. The molecule has 0 aliphatic heterocycles. The standard InChI is InChI=1S/C42H24N2S/c1-4-19-35-27(10-1)30-14-8-16-32-33-17-9-15-31-28-11-2-5-20-36(28)44(41(31)33)38-24-25(22-23-37(38)43(35)40(30)32)26-13-7-18-34-29-12-3-6-21-39(29)45-42(26)34/h1-24H. The molecule has 7 aromatic carbocycles. The fourth-order valence-electron chi connectivity index (χ4n) is 8.01. The molecule has 3 heteroatoms. The molecule has 0 fully saturated rings. The Hall–Kier alpha value is -5.64. The Labute approximate surface area is 261 Å². The molecule has 0 N–H and O–H groups in total. The number of aromatic nitrogens is 2. The number of thiophene rings is 1. The largest absolute Gasteiger partial charge is 0.307 e. The lowest BCUT2D eigenvalue weighted by atomic mass is 10.0. The third-order valence-corrected chi connectivity index (χ3v) is 11.1. The van der Waals surface area contributed by atoms with Gasteiger partial charge in [-0.3, -0.25) is 0 Å². The summed E-state index contributed by atoms with van der Waals surface area (Å²) in [6.45, 7) is 0. The number of benzene rings is 7. The van der Waals surface area contributed by atoms with Crippen molar-refractivity contribution >= 4 is 96.9 Å². The van der Waals surface area contributed by atoms with E-state index < -0.39 is 0 Å². The monoisotopic (exact) mass is 588 g/mol. The molecule has 0 bridgehead atoms. The average Bonchev–Trinajstić information content (AvgIpc) is 3.75. The molecule has 4 aromatic heterocycles. The maximum absolute atomic E-state index is 2.53. The SMILES string of the molecule is c1ccc2c(c1)sc1c(-c3ccc4c(c3)n3c5ccccc5c5cccc(c6cccc7c8ccccc8n4c76)c53)cccc12. The van der Waals surface area contributed by atoms with Crippen LogP contribution in [0.2, 0.25) is 0 Å². The van der Waals surface area contributed by atoms with Crippen molar-refractivity contribution in [1.82, 2.24) is 8.80 Å². The van der Waals surface area contributed by atoms with Gasteiger partial charge in [-0.05, 0) is 41.5 Å². The van der Waals surface area contributed by atoms with E-state index in [1.807, 2.05) is 11.3 Å². The van der Waals surface area contributed by atoms with Crippen LogP contribution in [0.1, 0.15) is 0 Å². The smallest absolute Gasteiger partial charge is 0.0709 e. The summed E-state index contributed by atoms with van der Waals surface area (Å²) in [5.74, 6) is 0. The van der Waals surface area contributed by atoms with Crippen molar-refractivity contribution in [2.24, 2.45) is 0 Å². The molecule has 0 spiro atoms. The van der Waals surface area contributed by atoms with Gasteiger partial charge >= 0.3 is 0 Å². The van der Waals surface area contributed by atoms with Crippen molar-refractivity contribution in [3.8, 4) is 11.1 Å². The van der Waals surface area contributed by atoms with Crippen LogP contribution < -0.4 is 0 Å². The lowest BCUT2D eigenvalue weighted by Crippen LogP contribution is -1.95. The van der Waals surface area contributed by atoms with E-state index in [0.29, 0.717) is 0 Å². The lowest BCUT2D eigenvalue weighted by Gasteiger charge is -2.13. The number of hydrogen-bond donors (Lipinski definition) is 0. The minimum atomic E-state index is 1.19. The first-order valence-corrected chi connectivity index (χ1v) is 16.3. The van der Waals surface area contributed by atoms with Gasteiger partial charge < -0.3 is 8.80 Å². The zero-order valence-corrected chi connectivity index (χ0v) is 25.0. The second kappa shape index (κ2) is 8.50. The van der Waals surface area contributed by atoms with Gasteiger partial charge in [0.2, 0.25) is 0 Å². The van der Waals surface area contributed by atoms with Gasteiger partial charge in [0, 0.05) is 52.5 Å². The quantitative estimate of drug-likeness (QED) is 0.180. The van der Waals surface area contributed by atoms with Crippen LogP contribution in [-0.4, -0.2) is 8.80 Å². The Morgan fingerprint density at radius 1 is 0.356 bits per heavy atom. The first-order chi connectivity index (χ1) is 22.3. The Kier molecular flexibility index (Phi) is 4.49. The van der Waals surface area contributed by atoms with Crippen LogP contribution in [0.25, 0.3) is 96.7 Å². The molecule has 208 valence electrons. The predicted molar refractivity (Wildman–Crippen MR) is 194 cm³/mol. The number of rotatable bonds is 1. The average molecular weight is 589 g/mol. The molecule has 0 unspecified atom stereocenters. The Morgan fingerprint density at radius 3 is 1.56 bits per heavy atom. The van der Waals surface area contributed by atoms with Crippen molar-refractivity contribution < 1.29 is 0 Å². The highest BCUT2D eigenvalue weighted by Crippen LogP contribution is 2.43. The van der Waals surface area contributed by atoms with E-state index in [9.17, 15) is 0 Å². The van der Waals surface area contributed by atoms with Gasteiger partial charge in [0.1, 0.15) is 0 Å². The highest BCUT2D eigenvalue weighted by atomic mass is 32.1. The first-order valence-electron chi connectivity index (χ1n) is 15.5. The van der Waals surface area contributed by atoms with Crippen LogP contribution in [0.5, 0.6) is 0 Å². The van der Waals surface area contributed by atoms with Crippen molar-refractivity contribution in [1.29, 1.82) is 0 Å². The summed E-state index contributed by atoms with van der Waals surface area (Å²) in [4.78, 5) is 0. The highest BCUT2D eigenvalue weighted by molar-refractivity contribution is 7.26. The van der Waals surface area contributed by atoms with Gasteiger partial charge in [-0.1, -0.05) is 115 Å². The summed E-state index contributed by atoms with van der Waals surface area (Å²) in [6, 6.07) is 54.0. The lowest BCUT2D eigenvalue weighted by molar-refractivity contribution is 1.29.